The SMILES string of the molecule is CCCS(=O)(=O)N1CCN(C2(CNC(=O)c3c(C)cc(F)cc3OC)CCCC2)CC1.Cl. The van der Waals surface area contributed by atoms with Gasteiger partial charge in [0.1, 0.15) is 11.6 Å². The minimum atomic E-state index is -3.19. The number of benzene rings is 1. The van der Waals surface area contributed by atoms with Crippen molar-refractivity contribution in [1.82, 2.24) is 14.5 Å². The third kappa shape index (κ3) is 5.73. The molecule has 0 bridgehead atoms. The third-order valence-electron chi connectivity index (χ3n) is 6.59. The van der Waals surface area contributed by atoms with Crippen molar-refractivity contribution >= 4 is 28.3 Å². The van der Waals surface area contributed by atoms with Gasteiger partial charge in [-0.3, -0.25) is 9.69 Å². The lowest BCUT2D eigenvalue weighted by Gasteiger charge is -2.45. The number of hydrogen-bond donors (Lipinski definition) is 1. The number of sulfonamides is 1. The molecule has 0 aromatic heterocycles. The number of amides is 1. The van der Waals surface area contributed by atoms with E-state index in [9.17, 15) is 17.6 Å². The van der Waals surface area contributed by atoms with E-state index in [4.69, 9.17) is 4.74 Å². The van der Waals surface area contributed by atoms with E-state index in [0.29, 0.717) is 50.3 Å². The van der Waals surface area contributed by atoms with Crippen molar-refractivity contribution in [3.8, 4) is 5.75 Å². The fourth-order valence-electron chi connectivity index (χ4n) is 4.96. The molecule has 1 amide bonds. The Morgan fingerprint density at radius 2 is 1.81 bits per heavy atom. The maximum absolute atomic E-state index is 13.7. The van der Waals surface area contributed by atoms with E-state index in [-0.39, 0.29) is 35.4 Å². The number of carbonyl (C=O) groups excluding carboxylic acids is 1. The maximum Gasteiger partial charge on any atom is 0.255 e. The minimum Gasteiger partial charge on any atom is -0.496 e. The number of ether oxygens (including phenoxy) is 1. The molecule has 3 rings (SSSR count). The zero-order valence-corrected chi connectivity index (χ0v) is 20.8. The number of halogens is 2. The monoisotopic (exact) mass is 491 g/mol. The molecule has 2 aliphatic rings. The Hall–Kier alpha value is -1.42. The lowest BCUT2D eigenvalue weighted by molar-refractivity contribution is 0.0539. The second-order valence-corrected chi connectivity index (χ2v) is 10.7. The molecular formula is C22H35ClFN3O4S. The Morgan fingerprint density at radius 1 is 1.19 bits per heavy atom. The molecule has 0 unspecified atom stereocenters. The van der Waals surface area contributed by atoms with Gasteiger partial charge in [0.05, 0.1) is 18.4 Å². The van der Waals surface area contributed by atoms with E-state index in [1.165, 1.54) is 19.2 Å². The molecule has 0 atom stereocenters. The quantitative estimate of drug-likeness (QED) is 0.604. The van der Waals surface area contributed by atoms with Crippen molar-refractivity contribution in [1.29, 1.82) is 0 Å². The van der Waals surface area contributed by atoms with E-state index >= 15 is 0 Å². The topological polar surface area (TPSA) is 79.0 Å². The minimum absolute atomic E-state index is 0. The molecule has 1 N–H and O–H groups in total. The van der Waals surface area contributed by atoms with Gasteiger partial charge in [0.25, 0.3) is 5.91 Å². The molecule has 1 aromatic carbocycles. The van der Waals surface area contributed by atoms with Crippen LogP contribution in [0.5, 0.6) is 5.75 Å². The largest absolute Gasteiger partial charge is 0.496 e. The van der Waals surface area contributed by atoms with Gasteiger partial charge in [0, 0.05) is 44.3 Å². The van der Waals surface area contributed by atoms with Crippen LogP contribution in [0.3, 0.4) is 0 Å². The highest BCUT2D eigenvalue weighted by Gasteiger charge is 2.42. The zero-order valence-electron chi connectivity index (χ0n) is 19.2. The van der Waals surface area contributed by atoms with E-state index in [1.54, 1.807) is 11.2 Å². The van der Waals surface area contributed by atoms with Crippen LogP contribution in [0.4, 0.5) is 4.39 Å². The molecule has 0 radical (unpaired) electrons. The highest BCUT2D eigenvalue weighted by atomic mass is 35.5. The summed E-state index contributed by atoms with van der Waals surface area (Å²) in [5, 5.41) is 3.06. The molecule has 32 heavy (non-hydrogen) atoms. The van der Waals surface area contributed by atoms with Gasteiger partial charge in [-0.05, 0) is 37.8 Å². The predicted molar refractivity (Wildman–Crippen MR) is 126 cm³/mol. The van der Waals surface area contributed by atoms with E-state index in [0.717, 1.165) is 25.7 Å². The highest BCUT2D eigenvalue weighted by Crippen LogP contribution is 2.36. The molecule has 1 aromatic rings. The van der Waals surface area contributed by atoms with Crippen LogP contribution in [0.2, 0.25) is 0 Å². The lowest BCUT2D eigenvalue weighted by Crippen LogP contribution is -2.60. The third-order valence-corrected chi connectivity index (χ3v) is 8.66. The van der Waals surface area contributed by atoms with Crippen LogP contribution in [0.1, 0.15) is 54.9 Å². The molecule has 0 spiro atoms. The van der Waals surface area contributed by atoms with Gasteiger partial charge in [-0.2, -0.15) is 4.31 Å². The molecule has 1 saturated heterocycles. The second kappa shape index (κ2) is 11.1. The Morgan fingerprint density at radius 3 is 2.38 bits per heavy atom. The zero-order chi connectivity index (χ0) is 22.6. The van der Waals surface area contributed by atoms with Gasteiger partial charge in [-0.15, -0.1) is 12.4 Å². The van der Waals surface area contributed by atoms with Gasteiger partial charge in [-0.1, -0.05) is 19.8 Å². The van der Waals surface area contributed by atoms with Crippen LogP contribution < -0.4 is 10.1 Å². The first kappa shape index (κ1) is 26.8. The van der Waals surface area contributed by atoms with Crippen molar-refractivity contribution in [3.05, 3.63) is 29.1 Å². The van der Waals surface area contributed by atoms with Crippen molar-refractivity contribution in [2.24, 2.45) is 0 Å². The fourth-order valence-corrected chi connectivity index (χ4v) is 6.46. The number of rotatable bonds is 8. The summed E-state index contributed by atoms with van der Waals surface area (Å²) in [7, 11) is -1.76. The standard InChI is InChI=1S/C22H34FN3O4S.ClH/c1-4-13-31(28,29)26-11-9-25(10-12-26)22(7-5-6-8-22)16-24-21(27)20-17(2)14-18(23)15-19(20)30-3;/h14-15H,4-13,16H2,1-3H3,(H,24,27);1H. The van der Waals surface area contributed by atoms with Crippen LogP contribution in [-0.2, 0) is 10.0 Å². The maximum atomic E-state index is 13.7. The predicted octanol–water partition coefficient (Wildman–Crippen LogP) is 2.96. The van der Waals surface area contributed by atoms with Gasteiger partial charge in [-0.25, -0.2) is 12.8 Å². The first-order valence-electron chi connectivity index (χ1n) is 11.1. The van der Waals surface area contributed by atoms with E-state index in [1.807, 2.05) is 6.92 Å². The van der Waals surface area contributed by atoms with Crippen molar-refractivity contribution < 1.29 is 22.3 Å². The summed E-state index contributed by atoms with van der Waals surface area (Å²) < 4.78 is 45.3. The van der Waals surface area contributed by atoms with E-state index in [2.05, 4.69) is 10.2 Å². The normalized spacial score (nSPS) is 19.4. The number of aryl methyl sites for hydroxylation is 1. The second-order valence-electron chi connectivity index (χ2n) is 8.62. The molecule has 1 aliphatic carbocycles. The molecule has 7 nitrogen and oxygen atoms in total. The van der Waals surface area contributed by atoms with Crippen LogP contribution in [-0.4, -0.2) is 74.7 Å². The van der Waals surface area contributed by atoms with Crippen molar-refractivity contribution in [2.75, 3.05) is 45.6 Å². The van der Waals surface area contributed by atoms with Crippen molar-refractivity contribution in [3.63, 3.8) is 0 Å². The van der Waals surface area contributed by atoms with Crippen LogP contribution in [0.15, 0.2) is 12.1 Å². The molecule has 1 saturated carbocycles. The highest BCUT2D eigenvalue weighted by molar-refractivity contribution is 7.89. The Balaban J connectivity index is 0.00000363. The molecule has 1 heterocycles. The fraction of sp³-hybridized carbons (Fsp3) is 0.682. The summed E-state index contributed by atoms with van der Waals surface area (Å²) in [6.45, 7) is 6.36. The molecule has 10 heteroatoms. The van der Waals surface area contributed by atoms with E-state index < -0.39 is 15.8 Å². The number of hydrogen-bond acceptors (Lipinski definition) is 5. The molecule has 2 fully saturated rings. The summed E-state index contributed by atoms with van der Waals surface area (Å²) >= 11 is 0. The Bertz CT molecular complexity index is 899. The van der Waals surface area contributed by atoms with Gasteiger partial charge < -0.3 is 10.1 Å². The summed E-state index contributed by atoms with van der Waals surface area (Å²) in [4.78, 5) is 15.3. The molecule has 1 aliphatic heterocycles. The average Bonchev–Trinajstić information content (AvgIpc) is 3.21. The summed E-state index contributed by atoms with van der Waals surface area (Å²) in [5.74, 6) is -0.295. The smallest absolute Gasteiger partial charge is 0.255 e. The van der Waals surface area contributed by atoms with Crippen molar-refractivity contribution in [2.45, 2.75) is 51.5 Å². The molecular weight excluding hydrogens is 457 g/mol. The summed E-state index contributed by atoms with van der Waals surface area (Å²) in [6.07, 6.45) is 4.72. The van der Waals surface area contributed by atoms with Crippen LogP contribution >= 0.6 is 12.4 Å². The number of piperazine rings is 1. The summed E-state index contributed by atoms with van der Waals surface area (Å²) in [5.41, 5.74) is 0.717. The van der Waals surface area contributed by atoms with Crippen LogP contribution in [0, 0.1) is 12.7 Å². The van der Waals surface area contributed by atoms with Gasteiger partial charge in [0.15, 0.2) is 0 Å². The number of methoxy groups -OCH3 is 1. The van der Waals surface area contributed by atoms with Crippen LogP contribution in [0.25, 0.3) is 0 Å². The summed E-state index contributed by atoms with van der Waals surface area (Å²) in [6, 6.07) is 2.56. The Kier molecular flexibility index (Phi) is 9.34. The first-order chi connectivity index (χ1) is 14.7. The number of nitrogens with one attached hydrogen (secondary N) is 1. The van der Waals surface area contributed by atoms with Gasteiger partial charge in [0.2, 0.25) is 10.0 Å². The first-order valence-corrected chi connectivity index (χ1v) is 12.7. The van der Waals surface area contributed by atoms with Gasteiger partial charge >= 0.3 is 0 Å². The number of carbonyl (C=O) groups is 1. The molecule has 182 valence electrons. The number of nitrogens with zero attached hydrogens (tertiary/aromatic N) is 2. The lowest BCUT2D eigenvalue weighted by atomic mass is 9.93. The average molecular weight is 492 g/mol. The Labute approximate surface area is 197 Å².